The summed E-state index contributed by atoms with van der Waals surface area (Å²) in [6.45, 7) is -5.88. The highest BCUT2D eigenvalue weighted by Gasteiger charge is 2.51. The van der Waals surface area contributed by atoms with Gasteiger partial charge in [-0.2, -0.15) is 0 Å². The van der Waals surface area contributed by atoms with Crippen LogP contribution in [0.4, 0.5) is 10.6 Å². The minimum absolute atomic E-state index is 0.0272. The Morgan fingerprint density at radius 2 is 1.64 bits per heavy atom. The van der Waals surface area contributed by atoms with E-state index in [0.29, 0.717) is 33.7 Å². The Bertz CT molecular complexity index is 2940. The molecule has 2 saturated heterocycles. The van der Waals surface area contributed by atoms with Crippen molar-refractivity contribution in [3.05, 3.63) is 105 Å². The number of allylic oxidation sites excluding steroid dienone is 2. The van der Waals surface area contributed by atoms with E-state index in [1.165, 1.54) is 93.2 Å². The number of anilines is 1. The first-order valence-electron chi connectivity index (χ1n) is 20.9. The van der Waals surface area contributed by atoms with Gasteiger partial charge in [-0.25, -0.2) is 29.1 Å². The zero-order valence-electron chi connectivity index (χ0n) is 37.3. The van der Waals surface area contributed by atoms with Crippen molar-refractivity contribution in [3.63, 3.8) is 0 Å². The molecule has 2 aromatic carbocycles. The van der Waals surface area contributed by atoms with Gasteiger partial charge in [-0.05, 0) is 47.5 Å². The number of phenolic OH excluding ortho intramolecular Hbond substituents is 1. The van der Waals surface area contributed by atoms with Gasteiger partial charge in [0.05, 0.1) is 46.3 Å². The number of carbonyl (C=O) groups is 3. The number of aromatic nitrogens is 6. The van der Waals surface area contributed by atoms with Crippen molar-refractivity contribution in [3.8, 4) is 23.0 Å². The topological polar surface area (TPSA) is 337 Å². The molecule has 70 heavy (non-hydrogen) atoms. The van der Waals surface area contributed by atoms with Crippen LogP contribution in [-0.2, 0) is 42.1 Å². The number of H-pyrrole nitrogens is 1. The SMILES string of the molecule is COc1cc(/C=C/C(=O)CC(=O)/C=C/c2ccc(OC(=O)OCSP(=O)(OC[C@H]3O[C@@H](n4cnc5c(N)ncnc54)C[C@@H]3O)O[C@H]3[C@@H](OC)[C@H](n4ccc(=O)[nH]c4=O)O[C@@H]3CO)c(OC)c2)ccc1O. The molecular weight excluding hydrogens is 966 g/mol. The summed E-state index contributed by atoms with van der Waals surface area (Å²) in [4.78, 5) is 77.0. The van der Waals surface area contributed by atoms with Crippen molar-refractivity contribution in [1.29, 1.82) is 0 Å². The molecule has 2 fully saturated rings. The number of methoxy groups -OCH3 is 3. The lowest BCUT2D eigenvalue weighted by atomic mass is 10.1. The van der Waals surface area contributed by atoms with E-state index in [1.54, 1.807) is 6.07 Å². The molecule has 0 spiro atoms. The number of ether oxygens (including phenoxy) is 7. The van der Waals surface area contributed by atoms with E-state index >= 15 is 0 Å². The molecule has 25 nitrogen and oxygen atoms in total. The smallest absolute Gasteiger partial charge is 0.504 e. The molecule has 372 valence electrons. The predicted molar refractivity (Wildman–Crippen MR) is 246 cm³/mol. The fourth-order valence-electron chi connectivity index (χ4n) is 7.21. The minimum Gasteiger partial charge on any atom is -0.504 e. The van der Waals surface area contributed by atoms with Crippen LogP contribution in [0.25, 0.3) is 23.3 Å². The highest BCUT2D eigenvalue weighted by Crippen LogP contribution is 2.63. The van der Waals surface area contributed by atoms with E-state index in [4.69, 9.17) is 47.9 Å². The van der Waals surface area contributed by atoms with Gasteiger partial charge in [-0.1, -0.05) is 24.3 Å². The molecule has 5 aromatic rings. The summed E-state index contributed by atoms with van der Waals surface area (Å²) in [5, 5.41) is 31.1. The zero-order chi connectivity index (χ0) is 50.1. The van der Waals surface area contributed by atoms with E-state index < -0.39 is 104 Å². The zero-order valence-corrected chi connectivity index (χ0v) is 39.0. The van der Waals surface area contributed by atoms with Crippen LogP contribution in [0.5, 0.6) is 23.0 Å². The van der Waals surface area contributed by atoms with E-state index in [0.717, 1.165) is 16.8 Å². The first kappa shape index (κ1) is 51.1. The Morgan fingerprint density at radius 1 is 0.929 bits per heavy atom. The summed E-state index contributed by atoms with van der Waals surface area (Å²) in [5.41, 5.74) is 6.02. The van der Waals surface area contributed by atoms with Gasteiger partial charge in [0.15, 0.2) is 58.2 Å². The highest BCUT2D eigenvalue weighted by atomic mass is 32.7. The number of hydrogen-bond donors (Lipinski definition) is 5. The largest absolute Gasteiger partial charge is 0.514 e. The number of nitrogens with one attached hydrogen (secondary N) is 1. The molecular formula is C43H46N7O18PS. The van der Waals surface area contributed by atoms with Crippen molar-refractivity contribution in [2.75, 3.05) is 46.2 Å². The van der Waals surface area contributed by atoms with Crippen molar-refractivity contribution in [2.45, 2.75) is 55.8 Å². The number of aliphatic hydroxyl groups is 2. The van der Waals surface area contributed by atoms with Gasteiger partial charge < -0.3 is 54.2 Å². The molecule has 2 aliphatic rings. The van der Waals surface area contributed by atoms with Crippen molar-refractivity contribution < 1.29 is 76.5 Å². The van der Waals surface area contributed by atoms with Crippen LogP contribution in [0, 0.1) is 0 Å². The van der Waals surface area contributed by atoms with Crippen molar-refractivity contribution in [2.24, 2.45) is 0 Å². The normalized spacial score (nSPS) is 22.1. The molecule has 5 heterocycles. The van der Waals surface area contributed by atoms with Gasteiger partial charge in [0.2, 0.25) is 0 Å². The van der Waals surface area contributed by atoms with E-state index in [1.807, 2.05) is 0 Å². The molecule has 2 aliphatic heterocycles. The third-order valence-electron chi connectivity index (χ3n) is 10.7. The van der Waals surface area contributed by atoms with Crippen LogP contribution in [0.2, 0.25) is 0 Å². The number of nitrogen functional groups attached to an aromatic ring is 1. The quantitative estimate of drug-likeness (QED) is 0.0176. The molecule has 8 atom stereocenters. The number of carbonyl (C=O) groups excluding carboxylic acids is 3. The molecule has 1 unspecified atom stereocenters. The number of nitrogens with zero attached hydrogens (tertiary/aromatic N) is 5. The number of hydrogen-bond acceptors (Lipinski definition) is 23. The Balaban J connectivity index is 1.00. The predicted octanol–water partition coefficient (Wildman–Crippen LogP) is 2.91. The molecule has 0 saturated carbocycles. The Labute approximate surface area is 400 Å². The number of ketones is 2. The summed E-state index contributed by atoms with van der Waals surface area (Å²) >= 11 is 0.374. The van der Waals surface area contributed by atoms with Crippen LogP contribution in [0.15, 0.2) is 83.1 Å². The van der Waals surface area contributed by atoms with Gasteiger partial charge in [0, 0.05) is 37.2 Å². The lowest BCUT2D eigenvalue weighted by Gasteiger charge is -2.27. The second-order valence-electron chi connectivity index (χ2n) is 15.2. The molecule has 0 bridgehead atoms. The number of fused-ring (bicyclic) bond motifs is 1. The lowest BCUT2D eigenvalue weighted by molar-refractivity contribution is -0.121. The number of phenols is 1. The average molecular weight is 1010 g/mol. The molecule has 27 heteroatoms. The molecule has 0 radical (unpaired) electrons. The van der Waals surface area contributed by atoms with Crippen LogP contribution in [-0.4, -0.2) is 133 Å². The monoisotopic (exact) mass is 1010 g/mol. The maximum atomic E-state index is 14.7. The van der Waals surface area contributed by atoms with Gasteiger partial charge in [-0.15, -0.1) is 0 Å². The fraction of sp³-hybridized carbons (Fsp3) is 0.349. The Hall–Kier alpha value is -6.74. The number of imidazole rings is 1. The third kappa shape index (κ3) is 12.2. The first-order valence-corrected chi connectivity index (χ1v) is 24.0. The summed E-state index contributed by atoms with van der Waals surface area (Å²) in [6.07, 6.45) is -0.896. The number of rotatable bonds is 21. The number of aromatic amines is 1. The standard InChI is InChI=1S/C43H46N7O18PS/c1-60-30-14-23(6-10-27(30)54)4-8-25(52)16-26(53)9-5-24-7-11-29(31(15-24)61-2)67-43(58)63-22-70-69(59,68-37-32(18-51)66-41(38(37)62-3)49-13-12-34(56)48-42(49)57)64-19-33-28(55)17-35(65-33)50-21-47-36-39(44)45-20-46-40(36)50/h4-15,20-21,28,32-33,35,37-38,41,51,54-55H,16-19,22H2,1-3H3,(H2,44,45,46)(H,48,56,57)/b8-4+,9-5+/t28-,32+,33+,35+,37+,38+,41+,69?/m0/s1. The van der Waals surface area contributed by atoms with Crippen molar-refractivity contribution >= 4 is 65.0 Å². The van der Waals surface area contributed by atoms with E-state index in [9.17, 15) is 43.9 Å². The van der Waals surface area contributed by atoms with Gasteiger partial charge in [0.25, 0.3) is 5.56 Å². The van der Waals surface area contributed by atoms with Gasteiger partial charge in [-0.3, -0.25) is 37.5 Å². The Morgan fingerprint density at radius 3 is 2.33 bits per heavy atom. The van der Waals surface area contributed by atoms with Crippen LogP contribution < -0.4 is 31.2 Å². The molecule has 3 aromatic heterocycles. The number of aliphatic hydroxyl groups excluding tert-OH is 2. The minimum atomic E-state index is -4.60. The number of nitrogens with two attached hydrogens (primary N) is 1. The van der Waals surface area contributed by atoms with E-state index in [2.05, 4.69) is 19.9 Å². The lowest BCUT2D eigenvalue weighted by Crippen LogP contribution is -2.39. The van der Waals surface area contributed by atoms with Crippen molar-refractivity contribution in [1.82, 2.24) is 29.1 Å². The first-order chi connectivity index (χ1) is 33.6. The molecule has 0 amide bonds. The molecule has 0 aliphatic carbocycles. The fourth-order valence-corrected chi connectivity index (χ4v) is 10.00. The highest BCUT2D eigenvalue weighted by molar-refractivity contribution is 8.55. The summed E-state index contributed by atoms with van der Waals surface area (Å²) < 4.78 is 67.7. The number of benzene rings is 2. The third-order valence-corrected chi connectivity index (χ3v) is 14.0. The van der Waals surface area contributed by atoms with Crippen LogP contribution in [0.3, 0.4) is 0 Å². The van der Waals surface area contributed by atoms with E-state index in [-0.39, 0.29) is 35.2 Å². The summed E-state index contributed by atoms with van der Waals surface area (Å²) in [7, 11) is 3.93. The van der Waals surface area contributed by atoms with Crippen LogP contribution >= 0.6 is 18.2 Å². The maximum absolute atomic E-state index is 14.7. The van der Waals surface area contributed by atoms with Crippen LogP contribution in [0.1, 0.15) is 36.4 Å². The second-order valence-corrected chi connectivity index (χ2v) is 19.1. The molecule has 6 N–H and O–H groups in total. The average Bonchev–Trinajstić information content (AvgIpc) is 4.05. The van der Waals surface area contributed by atoms with Gasteiger partial charge >= 0.3 is 18.6 Å². The second kappa shape index (κ2) is 22.8. The summed E-state index contributed by atoms with van der Waals surface area (Å²) in [5.74, 6) is -1.47. The summed E-state index contributed by atoms with van der Waals surface area (Å²) in [6, 6.07) is 9.86. The number of aromatic hydroxyl groups is 1. The Kier molecular flexibility index (Phi) is 16.6. The maximum Gasteiger partial charge on any atom is 0.514 e. The van der Waals surface area contributed by atoms with Gasteiger partial charge in [0.1, 0.15) is 42.5 Å². The molecule has 7 rings (SSSR count).